The third kappa shape index (κ3) is 3.70. The first kappa shape index (κ1) is 18.3. The lowest BCUT2D eigenvalue weighted by Crippen LogP contribution is -2.43. The summed E-state index contributed by atoms with van der Waals surface area (Å²) >= 11 is 0. The summed E-state index contributed by atoms with van der Waals surface area (Å²) in [6.07, 6.45) is 3.75. The van der Waals surface area contributed by atoms with Gasteiger partial charge in [0.2, 0.25) is 5.91 Å². The van der Waals surface area contributed by atoms with Crippen molar-refractivity contribution >= 4 is 11.9 Å². The number of carbonyl (C=O) groups is 2. The van der Waals surface area contributed by atoms with Crippen LogP contribution in [-0.4, -0.2) is 52.5 Å². The van der Waals surface area contributed by atoms with Crippen molar-refractivity contribution in [1.82, 2.24) is 9.80 Å². The molecule has 5 nitrogen and oxygen atoms in total. The van der Waals surface area contributed by atoms with Gasteiger partial charge in [-0.3, -0.25) is 9.69 Å². The van der Waals surface area contributed by atoms with E-state index in [0.717, 1.165) is 37.8 Å². The zero-order valence-corrected chi connectivity index (χ0v) is 15.2. The molecule has 2 heterocycles. The monoisotopic (exact) mass is 378 g/mol. The molecule has 7 heteroatoms. The molecule has 3 fully saturated rings. The molecule has 1 aliphatic carbocycles. The molecule has 1 saturated carbocycles. The van der Waals surface area contributed by atoms with Gasteiger partial charge < -0.3 is 10.0 Å². The van der Waals surface area contributed by atoms with E-state index in [1.807, 2.05) is 0 Å². The second-order valence-electron chi connectivity index (χ2n) is 8.31. The number of rotatable bonds is 4. The molecule has 2 aliphatic heterocycles. The Labute approximate surface area is 156 Å². The summed E-state index contributed by atoms with van der Waals surface area (Å²) < 4.78 is 27.2. The molecule has 0 bridgehead atoms. The molecule has 0 aromatic heterocycles. The standard InChI is InChI=1S/C20H24F2N2O3/c21-15-3-4-16(22)14(9-15)11-23-7-5-20(6-8-23)10-17(19(26)27)24(12-20)18(25)13-1-2-13/h3-4,9,13,17H,1-2,5-8,10-12H2,(H,26,27)/t17-/m1/s1. The van der Waals surface area contributed by atoms with E-state index in [-0.39, 0.29) is 17.2 Å². The molecule has 2 saturated heterocycles. The number of carboxylic acids is 1. The fraction of sp³-hybridized carbons (Fsp3) is 0.600. The maximum absolute atomic E-state index is 13.9. The summed E-state index contributed by atoms with van der Waals surface area (Å²) in [6.45, 7) is 2.22. The van der Waals surface area contributed by atoms with Crippen LogP contribution in [0.25, 0.3) is 0 Å². The maximum Gasteiger partial charge on any atom is 0.326 e. The van der Waals surface area contributed by atoms with E-state index in [1.165, 1.54) is 6.07 Å². The van der Waals surface area contributed by atoms with E-state index < -0.39 is 23.6 Å². The lowest BCUT2D eigenvalue weighted by atomic mass is 9.76. The van der Waals surface area contributed by atoms with Crippen LogP contribution in [0.5, 0.6) is 0 Å². The highest BCUT2D eigenvalue weighted by Crippen LogP contribution is 2.45. The van der Waals surface area contributed by atoms with Crippen molar-refractivity contribution in [3.05, 3.63) is 35.4 Å². The number of aliphatic carboxylic acids is 1. The summed E-state index contributed by atoms with van der Waals surface area (Å²) in [5.74, 6) is -1.79. The number of halogens is 2. The largest absolute Gasteiger partial charge is 0.480 e. The van der Waals surface area contributed by atoms with Crippen molar-refractivity contribution < 1.29 is 23.5 Å². The summed E-state index contributed by atoms with van der Waals surface area (Å²) in [4.78, 5) is 27.8. The van der Waals surface area contributed by atoms with Crippen LogP contribution in [0.3, 0.4) is 0 Å². The number of hydrogen-bond donors (Lipinski definition) is 1. The number of carboxylic acid groups (broad SMARTS) is 1. The lowest BCUT2D eigenvalue weighted by molar-refractivity contribution is -0.148. The van der Waals surface area contributed by atoms with Crippen LogP contribution in [-0.2, 0) is 16.1 Å². The van der Waals surface area contributed by atoms with Crippen molar-refractivity contribution in [3.63, 3.8) is 0 Å². The SMILES string of the molecule is O=C(O)[C@H]1CC2(CCN(Cc3cc(F)ccc3F)CC2)CN1C(=O)C1CC1. The molecule has 3 aliphatic rings. The highest BCUT2D eigenvalue weighted by atomic mass is 19.1. The summed E-state index contributed by atoms with van der Waals surface area (Å²) in [5.41, 5.74) is 0.163. The van der Waals surface area contributed by atoms with Gasteiger partial charge in [0.15, 0.2) is 0 Å². The second kappa shape index (κ2) is 6.86. The van der Waals surface area contributed by atoms with E-state index in [2.05, 4.69) is 4.90 Å². The number of carbonyl (C=O) groups excluding carboxylic acids is 1. The zero-order valence-electron chi connectivity index (χ0n) is 15.2. The van der Waals surface area contributed by atoms with Gasteiger partial charge in [0.25, 0.3) is 0 Å². The minimum Gasteiger partial charge on any atom is -0.480 e. The molecule has 1 spiro atoms. The summed E-state index contributed by atoms with van der Waals surface area (Å²) in [7, 11) is 0. The van der Waals surface area contributed by atoms with Crippen molar-refractivity contribution in [1.29, 1.82) is 0 Å². The van der Waals surface area contributed by atoms with Gasteiger partial charge >= 0.3 is 5.97 Å². The van der Waals surface area contributed by atoms with Gasteiger partial charge in [0, 0.05) is 24.6 Å². The van der Waals surface area contributed by atoms with Gasteiger partial charge in [-0.15, -0.1) is 0 Å². The Kier molecular flexibility index (Phi) is 4.66. The molecule has 1 N–H and O–H groups in total. The summed E-state index contributed by atoms with van der Waals surface area (Å²) in [5, 5.41) is 9.57. The molecule has 27 heavy (non-hydrogen) atoms. The zero-order chi connectivity index (χ0) is 19.2. The molecule has 1 aromatic carbocycles. The average molecular weight is 378 g/mol. The Hall–Kier alpha value is -2.02. The highest BCUT2D eigenvalue weighted by molar-refractivity contribution is 5.87. The quantitative estimate of drug-likeness (QED) is 0.875. The third-order valence-electron chi connectivity index (χ3n) is 6.32. The molecule has 1 atom stereocenters. The van der Waals surface area contributed by atoms with Crippen LogP contribution in [0.4, 0.5) is 8.78 Å². The minimum absolute atomic E-state index is 0.0106. The molecule has 0 radical (unpaired) electrons. The second-order valence-corrected chi connectivity index (χ2v) is 8.31. The number of likely N-dealkylation sites (tertiary alicyclic amines) is 2. The molecule has 1 amide bonds. The predicted octanol–water partition coefficient (Wildman–Crippen LogP) is 2.64. The number of hydrogen-bond acceptors (Lipinski definition) is 3. The number of benzene rings is 1. The van der Waals surface area contributed by atoms with E-state index in [4.69, 9.17) is 0 Å². The number of amides is 1. The van der Waals surface area contributed by atoms with Gasteiger partial charge in [0.1, 0.15) is 17.7 Å². The Balaban J connectivity index is 1.41. The summed E-state index contributed by atoms with van der Waals surface area (Å²) in [6, 6.07) is 2.75. The van der Waals surface area contributed by atoms with Crippen LogP contribution in [0.15, 0.2) is 18.2 Å². The Morgan fingerprint density at radius 2 is 1.89 bits per heavy atom. The van der Waals surface area contributed by atoms with Gasteiger partial charge in [-0.1, -0.05) is 0 Å². The van der Waals surface area contributed by atoms with Crippen molar-refractivity contribution in [2.45, 2.75) is 44.7 Å². The maximum atomic E-state index is 13.9. The topological polar surface area (TPSA) is 60.9 Å². The van der Waals surface area contributed by atoms with Crippen LogP contribution in [0.2, 0.25) is 0 Å². The fourth-order valence-electron chi connectivity index (χ4n) is 4.53. The Bertz CT molecular complexity index is 758. The van der Waals surface area contributed by atoms with E-state index >= 15 is 0 Å². The van der Waals surface area contributed by atoms with E-state index in [9.17, 15) is 23.5 Å². The van der Waals surface area contributed by atoms with Crippen molar-refractivity contribution in [3.8, 4) is 0 Å². The Morgan fingerprint density at radius 3 is 2.52 bits per heavy atom. The van der Waals surface area contributed by atoms with Crippen molar-refractivity contribution in [2.24, 2.45) is 11.3 Å². The normalized spacial score (nSPS) is 25.1. The average Bonchev–Trinajstić information content (AvgIpc) is 3.42. The van der Waals surface area contributed by atoms with Gasteiger partial charge in [-0.25, -0.2) is 13.6 Å². The first-order chi connectivity index (χ1) is 12.9. The third-order valence-corrected chi connectivity index (χ3v) is 6.32. The van der Waals surface area contributed by atoms with Gasteiger partial charge in [-0.2, -0.15) is 0 Å². The Morgan fingerprint density at radius 1 is 1.19 bits per heavy atom. The first-order valence-corrected chi connectivity index (χ1v) is 9.56. The van der Waals surface area contributed by atoms with Crippen LogP contribution >= 0.6 is 0 Å². The number of piperidine rings is 1. The minimum atomic E-state index is -0.926. The highest BCUT2D eigenvalue weighted by Gasteiger charge is 2.51. The van der Waals surface area contributed by atoms with Crippen molar-refractivity contribution in [2.75, 3.05) is 19.6 Å². The molecule has 0 unspecified atom stereocenters. The predicted molar refractivity (Wildman–Crippen MR) is 93.8 cm³/mol. The molecular formula is C20H24F2N2O3. The molecular weight excluding hydrogens is 354 g/mol. The van der Waals surface area contributed by atoms with E-state index in [1.54, 1.807) is 4.90 Å². The smallest absolute Gasteiger partial charge is 0.326 e. The molecule has 146 valence electrons. The number of nitrogens with zero attached hydrogens (tertiary/aromatic N) is 2. The van der Waals surface area contributed by atoms with Crippen LogP contribution in [0, 0.1) is 23.0 Å². The fourth-order valence-corrected chi connectivity index (χ4v) is 4.53. The van der Waals surface area contributed by atoms with Crippen LogP contribution < -0.4 is 0 Å². The molecule has 1 aromatic rings. The van der Waals surface area contributed by atoms with E-state index in [0.29, 0.717) is 38.2 Å². The molecule has 4 rings (SSSR count). The first-order valence-electron chi connectivity index (χ1n) is 9.56. The van der Waals surface area contributed by atoms with Gasteiger partial charge in [0.05, 0.1) is 0 Å². The lowest BCUT2D eigenvalue weighted by Gasteiger charge is -2.39. The van der Waals surface area contributed by atoms with Gasteiger partial charge in [-0.05, 0) is 68.8 Å². The van der Waals surface area contributed by atoms with Crippen LogP contribution in [0.1, 0.15) is 37.7 Å².